The van der Waals surface area contributed by atoms with Gasteiger partial charge >= 0.3 is 0 Å². The number of amides is 2. The minimum atomic E-state index is -0.395. The molecule has 1 unspecified atom stereocenters. The summed E-state index contributed by atoms with van der Waals surface area (Å²) in [6, 6.07) is 7.76. The van der Waals surface area contributed by atoms with E-state index in [1.807, 2.05) is 32.9 Å². The van der Waals surface area contributed by atoms with E-state index >= 15 is 0 Å². The third-order valence-electron chi connectivity index (χ3n) is 4.02. The molecule has 1 fully saturated rings. The maximum atomic E-state index is 12.1. The van der Waals surface area contributed by atoms with Crippen LogP contribution in [0, 0.1) is 5.41 Å². The van der Waals surface area contributed by atoms with Crippen LogP contribution in [-0.4, -0.2) is 30.9 Å². The van der Waals surface area contributed by atoms with Crippen LogP contribution in [0.4, 0.5) is 0 Å². The monoisotopic (exact) mass is 353 g/mol. The molecule has 1 aromatic rings. The smallest absolute Gasteiger partial charge is 0.251 e. The fourth-order valence-electron chi connectivity index (χ4n) is 2.47. The number of benzene rings is 1. The van der Waals surface area contributed by atoms with E-state index in [-0.39, 0.29) is 24.2 Å². The minimum Gasteiger partial charge on any atom is -0.352 e. The Hall–Kier alpha value is -1.59. The minimum absolute atomic E-state index is 0. The van der Waals surface area contributed by atoms with Crippen LogP contribution in [0.25, 0.3) is 0 Å². The lowest BCUT2D eigenvalue weighted by molar-refractivity contribution is -0.128. The van der Waals surface area contributed by atoms with Crippen molar-refractivity contribution in [2.75, 3.05) is 13.1 Å². The normalized spacial score (nSPS) is 17.0. The molecule has 0 aromatic heterocycles. The van der Waals surface area contributed by atoms with E-state index in [1.165, 1.54) is 6.42 Å². The zero-order chi connectivity index (χ0) is 16.9. The lowest BCUT2D eigenvalue weighted by atomic mass is 9.95. The summed E-state index contributed by atoms with van der Waals surface area (Å²) in [6.45, 7) is 7.83. The van der Waals surface area contributed by atoms with Gasteiger partial charge in [-0.3, -0.25) is 9.59 Å². The number of rotatable bonds is 5. The quantitative estimate of drug-likeness (QED) is 0.760. The van der Waals surface area contributed by atoms with Crippen LogP contribution in [0.15, 0.2) is 24.3 Å². The molecular formula is C18H28ClN3O2. The van der Waals surface area contributed by atoms with Gasteiger partial charge in [0.15, 0.2) is 0 Å². The van der Waals surface area contributed by atoms with E-state index in [9.17, 15) is 9.59 Å². The van der Waals surface area contributed by atoms with Crippen LogP contribution >= 0.6 is 12.4 Å². The van der Waals surface area contributed by atoms with E-state index in [4.69, 9.17) is 0 Å². The first-order valence-corrected chi connectivity index (χ1v) is 8.25. The molecule has 24 heavy (non-hydrogen) atoms. The molecule has 0 aliphatic carbocycles. The Morgan fingerprint density at radius 1 is 1.17 bits per heavy atom. The Bertz CT molecular complexity index is 546. The Balaban J connectivity index is 0.00000288. The van der Waals surface area contributed by atoms with Crippen molar-refractivity contribution in [2.45, 2.75) is 46.2 Å². The number of hydrogen-bond donors (Lipinski definition) is 3. The molecule has 0 spiro atoms. The zero-order valence-electron chi connectivity index (χ0n) is 14.6. The van der Waals surface area contributed by atoms with Crippen LogP contribution in [-0.2, 0) is 11.3 Å². The van der Waals surface area contributed by atoms with Crippen molar-refractivity contribution < 1.29 is 9.59 Å². The average Bonchev–Trinajstić information content (AvgIpc) is 3.03. The van der Waals surface area contributed by atoms with E-state index in [1.54, 1.807) is 12.1 Å². The highest BCUT2D eigenvalue weighted by Gasteiger charge is 2.20. The molecule has 1 heterocycles. The van der Waals surface area contributed by atoms with Gasteiger partial charge in [0, 0.05) is 30.1 Å². The van der Waals surface area contributed by atoms with Gasteiger partial charge in [-0.05, 0) is 37.1 Å². The molecular weight excluding hydrogens is 326 g/mol. The van der Waals surface area contributed by atoms with Gasteiger partial charge in [-0.25, -0.2) is 0 Å². The Labute approximate surface area is 150 Å². The summed E-state index contributed by atoms with van der Waals surface area (Å²) >= 11 is 0. The topological polar surface area (TPSA) is 70.2 Å². The lowest BCUT2D eigenvalue weighted by Crippen LogP contribution is -2.37. The number of nitrogens with one attached hydrogen (secondary N) is 3. The van der Waals surface area contributed by atoms with Gasteiger partial charge in [-0.1, -0.05) is 32.9 Å². The average molecular weight is 354 g/mol. The SMILES string of the molecule is CC(C)(C)C(=O)NCc1ccc(C(=O)NCC2CCCN2)cc1.Cl. The van der Waals surface area contributed by atoms with Gasteiger partial charge in [-0.15, -0.1) is 12.4 Å². The number of carbonyl (C=O) groups excluding carboxylic acids is 2. The first-order valence-electron chi connectivity index (χ1n) is 8.25. The van der Waals surface area contributed by atoms with E-state index < -0.39 is 5.41 Å². The van der Waals surface area contributed by atoms with Crippen LogP contribution in [0.3, 0.4) is 0 Å². The predicted molar refractivity (Wildman–Crippen MR) is 98.3 cm³/mol. The second-order valence-electron chi connectivity index (χ2n) is 7.13. The second kappa shape index (κ2) is 9.04. The Kier molecular flexibility index (Phi) is 7.70. The third-order valence-corrected chi connectivity index (χ3v) is 4.02. The summed E-state index contributed by atoms with van der Waals surface area (Å²) in [7, 11) is 0. The molecule has 1 aliphatic heterocycles. The molecule has 5 nitrogen and oxygen atoms in total. The van der Waals surface area contributed by atoms with Gasteiger partial charge in [0.25, 0.3) is 5.91 Å². The van der Waals surface area contributed by atoms with Gasteiger partial charge in [0.2, 0.25) is 5.91 Å². The second-order valence-corrected chi connectivity index (χ2v) is 7.13. The predicted octanol–water partition coefficient (Wildman–Crippen LogP) is 2.25. The van der Waals surface area contributed by atoms with E-state index in [0.29, 0.717) is 24.7 Å². The van der Waals surface area contributed by atoms with Crippen molar-refractivity contribution >= 4 is 24.2 Å². The van der Waals surface area contributed by atoms with Gasteiger partial charge in [0.05, 0.1) is 0 Å². The van der Waals surface area contributed by atoms with Crippen LogP contribution < -0.4 is 16.0 Å². The highest BCUT2D eigenvalue weighted by atomic mass is 35.5. The summed E-state index contributed by atoms with van der Waals surface area (Å²) in [6.07, 6.45) is 2.29. The summed E-state index contributed by atoms with van der Waals surface area (Å²) < 4.78 is 0. The molecule has 0 radical (unpaired) electrons. The maximum absolute atomic E-state index is 12.1. The molecule has 0 bridgehead atoms. The van der Waals surface area contributed by atoms with Crippen LogP contribution in [0.1, 0.15) is 49.5 Å². The maximum Gasteiger partial charge on any atom is 0.251 e. The highest BCUT2D eigenvalue weighted by molar-refractivity contribution is 5.94. The summed E-state index contributed by atoms with van der Waals surface area (Å²) in [5.41, 5.74) is 1.24. The van der Waals surface area contributed by atoms with Crippen molar-refractivity contribution in [3.63, 3.8) is 0 Å². The summed E-state index contributed by atoms with van der Waals surface area (Å²) in [5.74, 6) is -0.0349. The van der Waals surface area contributed by atoms with Crippen molar-refractivity contribution in [3.8, 4) is 0 Å². The van der Waals surface area contributed by atoms with E-state index in [0.717, 1.165) is 18.5 Å². The van der Waals surface area contributed by atoms with Gasteiger partial charge < -0.3 is 16.0 Å². The van der Waals surface area contributed by atoms with Crippen molar-refractivity contribution in [2.24, 2.45) is 5.41 Å². The molecule has 2 amide bonds. The molecule has 1 atom stereocenters. The molecule has 1 saturated heterocycles. The number of carbonyl (C=O) groups is 2. The van der Waals surface area contributed by atoms with Crippen LogP contribution in [0.2, 0.25) is 0 Å². The standard InChI is InChI=1S/C18H27N3O2.ClH/c1-18(2,3)17(23)21-11-13-6-8-14(9-7-13)16(22)20-12-15-5-4-10-19-15;/h6-9,15,19H,4-5,10-12H2,1-3H3,(H,20,22)(H,21,23);1H. The van der Waals surface area contributed by atoms with Gasteiger partial charge in [0.1, 0.15) is 0 Å². The number of halogens is 1. The summed E-state index contributed by atoms with van der Waals surface area (Å²) in [5, 5.41) is 9.22. The number of hydrogen-bond acceptors (Lipinski definition) is 3. The zero-order valence-corrected chi connectivity index (χ0v) is 15.5. The van der Waals surface area contributed by atoms with Crippen molar-refractivity contribution in [1.29, 1.82) is 0 Å². The fraction of sp³-hybridized carbons (Fsp3) is 0.556. The Morgan fingerprint density at radius 2 is 1.83 bits per heavy atom. The fourth-order valence-corrected chi connectivity index (χ4v) is 2.47. The molecule has 3 N–H and O–H groups in total. The van der Waals surface area contributed by atoms with Gasteiger partial charge in [-0.2, -0.15) is 0 Å². The van der Waals surface area contributed by atoms with Crippen molar-refractivity contribution in [1.82, 2.24) is 16.0 Å². The molecule has 2 rings (SSSR count). The first kappa shape index (κ1) is 20.5. The Morgan fingerprint density at radius 3 is 2.38 bits per heavy atom. The first-order chi connectivity index (χ1) is 10.9. The van der Waals surface area contributed by atoms with E-state index in [2.05, 4.69) is 16.0 Å². The lowest BCUT2D eigenvalue weighted by Gasteiger charge is -2.17. The molecule has 1 aliphatic rings. The third kappa shape index (κ3) is 6.13. The largest absolute Gasteiger partial charge is 0.352 e. The molecule has 6 heteroatoms. The molecule has 1 aromatic carbocycles. The van der Waals surface area contributed by atoms with Crippen LogP contribution in [0.5, 0.6) is 0 Å². The molecule has 134 valence electrons. The van der Waals surface area contributed by atoms with Crippen molar-refractivity contribution in [3.05, 3.63) is 35.4 Å². The summed E-state index contributed by atoms with van der Waals surface area (Å²) in [4.78, 5) is 23.9. The highest BCUT2D eigenvalue weighted by Crippen LogP contribution is 2.13. The molecule has 0 saturated carbocycles.